The number of ether oxygens (including phenoxy) is 2. The normalized spacial score (nSPS) is 21.8. The van der Waals surface area contributed by atoms with Gasteiger partial charge >= 0.3 is 0 Å². The molecule has 0 spiro atoms. The van der Waals surface area contributed by atoms with Crippen molar-refractivity contribution in [3.05, 3.63) is 17.5 Å². The van der Waals surface area contributed by atoms with Crippen molar-refractivity contribution in [2.24, 2.45) is 0 Å². The second-order valence-corrected chi connectivity index (χ2v) is 6.49. The standard InChI is InChI=1S/C15H25N3O3/c1-10(2)13-12(6-16-17-13)14(19)18-7-11(8-20-5)21-15(3,4)9-18/h6,10-11H,7-9H2,1-5H3,(H,16,17)/t11-/m1/s1. The van der Waals surface area contributed by atoms with Gasteiger partial charge in [-0.25, -0.2) is 0 Å². The molecule has 1 saturated heterocycles. The molecule has 0 bridgehead atoms. The van der Waals surface area contributed by atoms with Crippen LogP contribution in [0, 0.1) is 0 Å². The number of nitrogens with one attached hydrogen (secondary N) is 1. The third-order valence-corrected chi connectivity index (χ3v) is 3.60. The fourth-order valence-corrected chi connectivity index (χ4v) is 2.80. The monoisotopic (exact) mass is 295 g/mol. The molecule has 118 valence electrons. The fraction of sp³-hybridized carbons (Fsp3) is 0.733. The number of morpholine rings is 1. The van der Waals surface area contributed by atoms with Crippen molar-refractivity contribution in [1.29, 1.82) is 0 Å². The smallest absolute Gasteiger partial charge is 0.257 e. The van der Waals surface area contributed by atoms with E-state index in [0.717, 1.165) is 5.69 Å². The van der Waals surface area contributed by atoms with E-state index >= 15 is 0 Å². The van der Waals surface area contributed by atoms with Crippen LogP contribution in [0.15, 0.2) is 6.20 Å². The summed E-state index contributed by atoms with van der Waals surface area (Å²) >= 11 is 0. The minimum atomic E-state index is -0.376. The first-order valence-electron chi connectivity index (χ1n) is 7.33. The fourth-order valence-electron chi connectivity index (χ4n) is 2.80. The Morgan fingerprint density at radius 3 is 2.95 bits per heavy atom. The van der Waals surface area contributed by atoms with Crippen LogP contribution in [-0.2, 0) is 9.47 Å². The number of amides is 1. The third-order valence-electron chi connectivity index (χ3n) is 3.60. The Balaban J connectivity index is 2.19. The summed E-state index contributed by atoms with van der Waals surface area (Å²) in [7, 11) is 1.64. The minimum Gasteiger partial charge on any atom is -0.382 e. The predicted octanol–water partition coefficient (Wildman–Crippen LogP) is 1.80. The van der Waals surface area contributed by atoms with Gasteiger partial charge in [0.05, 0.1) is 35.8 Å². The number of carbonyl (C=O) groups is 1. The van der Waals surface area contributed by atoms with Crippen LogP contribution in [0.3, 0.4) is 0 Å². The largest absolute Gasteiger partial charge is 0.382 e. The predicted molar refractivity (Wildman–Crippen MR) is 79.4 cm³/mol. The lowest BCUT2D eigenvalue weighted by atomic mass is 10.0. The lowest BCUT2D eigenvalue weighted by Gasteiger charge is -2.42. The van der Waals surface area contributed by atoms with Gasteiger partial charge in [0.1, 0.15) is 0 Å². The van der Waals surface area contributed by atoms with Crippen LogP contribution >= 0.6 is 0 Å². The van der Waals surface area contributed by atoms with Crippen LogP contribution in [0.1, 0.15) is 49.7 Å². The molecular formula is C15H25N3O3. The Kier molecular flexibility index (Phi) is 4.68. The zero-order valence-corrected chi connectivity index (χ0v) is 13.5. The Hall–Kier alpha value is -1.40. The molecule has 1 aromatic rings. The molecule has 21 heavy (non-hydrogen) atoms. The van der Waals surface area contributed by atoms with Gasteiger partial charge in [-0.05, 0) is 19.8 Å². The zero-order chi connectivity index (χ0) is 15.6. The molecule has 1 aliphatic heterocycles. The van der Waals surface area contributed by atoms with Gasteiger partial charge in [0.25, 0.3) is 5.91 Å². The maximum Gasteiger partial charge on any atom is 0.257 e. The van der Waals surface area contributed by atoms with Crippen molar-refractivity contribution < 1.29 is 14.3 Å². The zero-order valence-electron chi connectivity index (χ0n) is 13.5. The number of rotatable bonds is 4. The van der Waals surface area contributed by atoms with Gasteiger partial charge in [0, 0.05) is 20.2 Å². The van der Waals surface area contributed by atoms with Gasteiger partial charge in [0.2, 0.25) is 0 Å². The van der Waals surface area contributed by atoms with E-state index in [2.05, 4.69) is 10.2 Å². The van der Waals surface area contributed by atoms with Crippen molar-refractivity contribution in [2.75, 3.05) is 26.8 Å². The first kappa shape index (κ1) is 16.0. The molecule has 0 saturated carbocycles. The van der Waals surface area contributed by atoms with E-state index in [0.29, 0.717) is 25.3 Å². The number of carbonyl (C=O) groups excluding carboxylic acids is 1. The highest BCUT2D eigenvalue weighted by Crippen LogP contribution is 2.24. The number of hydrogen-bond donors (Lipinski definition) is 1. The van der Waals surface area contributed by atoms with Crippen molar-refractivity contribution in [2.45, 2.75) is 45.3 Å². The van der Waals surface area contributed by atoms with E-state index in [4.69, 9.17) is 9.47 Å². The average Bonchev–Trinajstić information content (AvgIpc) is 2.85. The highest BCUT2D eigenvalue weighted by molar-refractivity contribution is 5.95. The molecule has 0 aromatic carbocycles. The Bertz CT molecular complexity index is 496. The van der Waals surface area contributed by atoms with E-state index in [9.17, 15) is 4.79 Å². The molecule has 6 nitrogen and oxygen atoms in total. The second kappa shape index (κ2) is 6.15. The summed E-state index contributed by atoms with van der Waals surface area (Å²) in [5, 5.41) is 6.95. The van der Waals surface area contributed by atoms with E-state index in [1.165, 1.54) is 0 Å². The summed E-state index contributed by atoms with van der Waals surface area (Å²) in [5.41, 5.74) is 1.16. The molecule has 6 heteroatoms. The number of aromatic amines is 1. The van der Waals surface area contributed by atoms with Crippen LogP contribution < -0.4 is 0 Å². The molecule has 1 fully saturated rings. The summed E-state index contributed by atoms with van der Waals surface area (Å²) in [6.45, 7) is 9.66. The quantitative estimate of drug-likeness (QED) is 0.919. The number of H-pyrrole nitrogens is 1. The summed E-state index contributed by atoms with van der Waals surface area (Å²) in [5.74, 6) is 0.236. The van der Waals surface area contributed by atoms with Gasteiger partial charge in [0.15, 0.2) is 0 Å². The number of hydrogen-bond acceptors (Lipinski definition) is 4. The molecule has 0 aliphatic carbocycles. The molecule has 1 aliphatic rings. The van der Waals surface area contributed by atoms with Crippen molar-refractivity contribution >= 4 is 5.91 Å². The molecule has 2 rings (SSSR count). The Morgan fingerprint density at radius 2 is 2.33 bits per heavy atom. The Labute approximate surface area is 125 Å². The maximum absolute atomic E-state index is 12.8. The minimum absolute atomic E-state index is 0.00456. The van der Waals surface area contributed by atoms with Gasteiger partial charge in [-0.15, -0.1) is 0 Å². The summed E-state index contributed by atoms with van der Waals surface area (Å²) < 4.78 is 11.1. The lowest BCUT2D eigenvalue weighted by Crippen LogP contribution is -2.55. The summed E-state index contributed by atoms with van der Waals surface area (Å²) in [4.78, 5) is 14.6. The first-order chi connectivity index (χ1) is 9.84. The molecule has 0 radical (unpaired) electrons. The van der Waals surface area contributed by atoms with Crippen LogP contribution in [0.5, 0.6) is 0 Å². The molecule has 1 atom stereocenters. The molecule has 1 aromatic heterocycles. The van der Waals surface area contributed by atoms with Crippen LogP contribution in [-0.4, -0.2) is 59.5 Å². The van der Waals surface area contributed by atoms with Gasteiger partial charge in [-0.2, -0.15) is 5.10 Å². The number of nitrogens with zero attached hydrogens (tertiary/aromatic N) is 2. The Morgan fingerprint density at radius 1 is 1.62 bits per heavy atom. The lowest BCUT2D eigenvalue weighted by molar-refractivity contribution is -0.143. The summed E-state index contributed by atoms with van der Waals surface area (Å²) in [6, 6.07) is 0. The number of methoxy groups -OCH3 is 1. The maximum atomic E-state index is 12.8. The highest BCUT2D eigenvalue weighted by Gasteiger charge is 2.36. The van der Waals surface area contributed by atoms with E-state index in [1.807, 2.05) is 32.6 Å². The molecule has 0 unspecified atom stereocenters. The van der Waals surface area contributed by atoms with E-state index in [-0.39, 0.29) is 23.5 Å². The van der Waals surface area contributed by atoms with Crippen LogP contribution in [0.2, 0.25) is 0 Å². The topological polar surface area (TPSA) is 67.5 Å². The van der Waals surface area contributed by atoms with Gasteiger partial charge in [-0.1, -0.05) is 13.8 Å². The van der Waals surface area contributed by atoms with Crippen molar-refractivity contribution in [3.8, 4) is 0 Å². The second-order valence-electron chi connectivity index (χ2n) is 6.49. The number of aromatic nitrogens is 2. The van der Waals surface area contributed by atoms with Crippen LogP contribution in [0.4, 0.5) is 0 Å². The third kappa shape index (κ3) is 3.63. The summed E-state index contributed by atoms with van der Waals surface area (Å²) in [6.07, 6.45) is 1.52. The molecule has 2 heterocycles. The SMILES string of the molecule is COC[C@H]1CN(C(=O)c2cn[nH]c2C(C)C)CC(C)(C)O1. The van der Waals surface area contributed by atoms with E-state index < -0.39 is 0 Å². The highest BCUT2D eigenvalue weighted by atomic mass is 16.5. The van der Waals surface area contributed by atoms with E-state index in [1.54, 1.807) is 13.3 Å². The molecule has 1 N–H and O–H groups in total. The average molecular weight is 295 g/mol. The first-order valence-corrected chi connectivity index (χ1v) is 7.33. The van der Waals surface area contributed by atoms with Crippen molar-refractivity contribution in [1.82, 2.24) is 15.1 Å². The van der Waals surface area contributed by atoms with Gasteiger partial charge in [-0.3, -0.25) is 9.89 Å². The van der Waals surface area contributed by atoms with Crippen molar-refractivity contribution in [3.63, 3.8) is 0 Å². The molecular weight excluding hydrogens is 270 g/mol. The molecule has 1 amide bonds. The van der Waals surface area contributed by atoms with Gasteiger partial charge < -0.3 is 14.4 Å². The van der Waals surface area contributed by atoms with Crippen LogP contribution in [0.25, 0.3) is 0 Å².